The fourth-order valence-electron chi connectivity index (χ4n) is 3.81. The third kappa shape index (κ3) is 27.0. The lowest BCUT2D eigenvalue weighted by atomic mass is 10.1. The van der Waals surface area contributed by atoms with E-state index in [9.17, 15) is 14.7 Å². The van der Waals surface area contributed by atoms with Crippen molar-refractivity contribution in [2.45, 2.75) is 148 Å². The maximum absolute atomic E-state index is 11.8. The van der Waals surface area contributed by atoms with Crippen LogP contribution >= 0.6 is 0 Å². The molecule has 0 bridgehead atoms. The lowest BCUT2D eigenvalue weighted by Gasteiger charge is -2.12. The molecule has 5 heteroatoms. The lowest BCUT2D eigenvalue weighted by molar-refractivity contribution is -0.152. The quantitative estimate of drug-likeness (QED) is 0.0721. The maximum Gasteiger partial charge on any atom is 0.305 e. The van der Waals surface area contributed by atoms with Gasteiger partial charge in [0.1, 0.15) is 19.3 Å². The average molecular weight is 509 g/mol. The number of aliphatic hydroxyl groups excluding tert-OH is 1. The molecule has 1 N–H and O–H groups in total. The van der Waals surface area contributed by atoms with Crippen molar-refractivity contribution in [1.29, 1.82) is 0 Å². The minimum atomic E-state index is -0.964. The predicted molar refractivity (Wildman–Crippen MR) is 150 cm³/mol. The molecule has 210 valence electrons. The Labute approximate surface area is 222 Å². The van der Waals surface area contributed by atoms with Gasteiger partial charge in [-0.2, -0.15) is 0 Å². The number of carbonyl (C=O) groups excluding carboxylic acids is 2. The van der Waals surface area contributed by atoms with Crippen LogP contribution in [0.15, 0.2) is 24.3 Å². The van der Waals surface area contributed by atoms with Crippen LogP contribution in [0.4, 0.5) is 0 Å². The molecule has 0 heterocycles. The number of carbonyl (C=O) groups is 2. The molecule has 0 unspecified atom stereocenters. The first-order valence-corrected chi connectivity index (χ1v) is 14.9. The van der Waals surface area contributed by atoms with Crippen LogP contribution < -0.4 is 0 Å². The number of allylic oxidation sites excluding steroid dienone is 4. The van der Waals surface area contributed by atoms with Crippen LogP contribution in [0, 0.1) is 0 Å². The first-order valence-electron chi connectivity index (χ1n) is 14.9. The average Bonchev–Trinajstić information content (AvgIpc) is 2.88. The van der Waals surface area contributed by atoms with E-state index in [1.54, 1.807) is 0 Å². The van der Waals surface area contributed by atoms with Gasteiger partial charge >= 0.3 is 11.9 Å². The number of hydrogen-bond donors (Lipinski definition) is 1. The molecule has 0 aromatic heterocycles. The molecular formula is C31H56O5. The molecule has 0 aliphatic heterocycles. The van der Waals surface area contributed by atoms with Crippen molar-refractivity contribution in [3.63, 3.8) is 0 Å². The molecule has 0 spiro atoms. The molecule has 0 aromatic carbocycles. The number of unbranched alkanes of at least 4 members (excludes halogenated alkanes) is 14. The number of hydrogen-bond acceptors (Lipinski definition) is 5. The predicted octanol–water partition coefficient (Wildman–Crippen LogP) is 8.39. The minimum absolute atomic E-state index is 0.122. The molecule has 0 saturated carbocycles. The summed E-state index contributed by atoms with van der Waals surface area (Å²) in [6.07, 6.45) is 29.3. The Morgan fingerprint density at radius 2 is 0.889 bits per heavy atom. The minimum Gasteiger partial charge on any atom is -0.463 e. The summed E-state index contributed by atoms with van der Waals surface area (Å²) in [6.45, 7) is 4.18. The van der Waals surface area contributed by atoms with Gasteiger partial charge in [0.05, 0.1) is 0 Å². The van der Waals surface area contributed by atoms with Crippen molar-refractivity contribution in [3.8, 4) is 0 Å². The second-order valence-electron chi connectivity index (χ2n) is 9.86. The number of aliphatic hydroxyl groups is 1. The van der Waals surface area contributed by atoms with E-state index < -0.39 is 6.10 Å². The van der Waals surface area contributed by atoms with Crippen LogP contribution in [0.3, 0.4) is 0 Å². The molecule has 0 fully saturated rings. The van der Waals surface area contributed by atoms with E-state index in [2.05, 4.69) is 38.2 Å². The van der Waals surface area contributed by atoms with Gasteiger partial charge in [0.2, 0.25) is 0 Å². The summed E-state index contributed by atoms with van der Waals surface area (Å²) in [5.41, 5.74) is 0. The van der Waals surface area contributed by atoms with Crippen LogP contribution in [0.1, 0.15) is 142 Å². The summed E-state index contributed by atoms with van der Waals surface area (Å²) in [6, 6.07) is 0. The van der Waals surface area contributed by atoms with Gasteiger partial charge in [-0.05, 0) is 51.4 Å². The molecule has 5 nitrogen and oxygen atoms in total. The highest BCUT2D eigenvalue weighted by molar-refractivity contribution is 5.69. The molecule has 0 aromatic rings. The Bertz CT molecular complexity index is 507. The summed E-state index contributed by atoms with van der Waals surface area (Å²) in [5.74, 6) is -0.591. The normalized spacial score (nSPS) is 12.4. The van der Waals surface area contributed by atoms with Crippen molar-refractivity contribution >= 4 is 11.9 Å². The molecule has 0 saturated heterocycles. The largest absolute Gasteiger partial charge is 0.463 e. The van der Waals surface area contributed by atoms with Gasteiger partial charge in [0.15, 0.2) is 0 Å². The zero-order valence-electron chi connectivity index (χ0n) is 23.5. The molecule has 0 aliphatic carbocycles. The van der Waals surface area contributed by atoms with Crippen molar-refractivity contribution < 1.29 is 24.2 Å². The topological polar surface area (TPSA) is 72.8 Å². The highest BCUT2D eigenvalue weighted by Gasteiger charge is 2.12. The summed E-state index contributed by atoms with van der Waals surface area (Å²) < 4.78 is 10.2. The van der Waals surface area contributed by atoms with E-state index in [0.29, 0.717) is 12.8 Å². The Kier molecular flexibility index (Phi) is 26.7. The smallest absolute Gasteiger partial charge is 0.305 e. The van der Waals surface area contributed by atoms with Gasteiger partial charge in [-0.3, -0.25) is 9.59 Å². The third-order valence-corrected chi connectivity index (χ3v) is 6.16. The Hall–Kier alpha value is -1.62. The molecule has 0 rings (SSSR count). The number of ether oxygens (including phenoxy) is 2. The van der Waals surface area contributed by atoms with Gasteiger partial charge in [-0.25, -0.2) is 0 Å². The van der Waals surface area contributed by atoms with Gasteiger partial charge in [-0.15, -0.1) is 0 Å². The highest BCUT2D eigenvalue weighted by Crippen LogP contribution is 2.10. The number of esters is 2. The molecule has 36 heavy (non-hydrogen) atoms. The summed E-state index contributed by atoms with van der Waals surface area (Å²) >= 11 is 0. The van der Waals surface area contributed by atoms with Crippen LogP contribution in [0.25, 0.3) is 0 Å². The molecule has 0 radical (unpaired) electrons. The van der Waals surface area contributed by atoms with E-state index in [4.69, 9.17) is 9.47 Å². The maximum atomic E-state index is 11.8. The first kappa shape index (κ1) is 34.4. The SMILES string of the molecule is CCCCC=CCCCCCCCC(=O)OCC(O)COC(=O)CCCCCCCC=CCCCC. The van der Waals surface area contributed by atoms with Crippen molar-refractivity contribution in [2.24, 2.45) is 0 Å². The van der Waals surface area contributed by atoms with Gasteiger partial charge in [0, 0.05) is 12.8 Å². The molecular weight excluding hydrogens is 452 g/mol. The van der Waals surface area contributed by atoms with Crippen molar-refractivity contribution in [3.05, 3.63) is 24.3 Å². The van der Waals surface area contributed by atoms with Crippen LogP contribution in [-0.2, 0) is 19.1 Å². The summed E-state index contributed by atoms with van der Waals surface area (Å²) in [5, 5.41) is 9.90. The van der Waals surface area contributed by atoms with Crippen LogP contribution in [-0.4, -0.2) is 36.4 Å². The molecule has 0 aliphatic rings. The van der Waals surface area contributed by atoms with Crippen LogP contribution in [0.5, 0.6) is 0 Å². The zero-order valence-corrected chi connectivity index (χ0v) is 23.5. The Morgan fingerprint density at radius 1 is 0.556 bits per heavy atom. The first-order chi connectivity index (χ1) is 17.6. The van der Waals surface area contributed by atoms with Gasteiger partial charge in [-0.1, -0.05) is 102 Å². The van der Waals surface area contributed by atoms with Gasteiger partial charge in [0.25, 0.3) is 0 Å². The van der Waals surface area contributed by atoms with Crippen molar-refractivity contribution in [1.82, 2.24) is 0 Å². The van der Waals surface area contributed by atoms with Crippen molar-refractivity contribution in [2.75, 3.05) is 13.2 Å². The van der Waals surface area contributed by atoms with E-state index in [1.807, 2.05) is 0 Å². The monoisotopic (exact) mass is 508 g/mol. The highest BCUT2D eigenvalue weighted by atomic mass is 16.6. The Morgan fingerprint density at radius 3 is 1.28 bits per heavy atom. The van der Waals surface area contributed by atoms with Crippen LogP contribution in [0.2, 0.25) is 0 Å². The second kappa shape index (κ2) is 28.0. The number of rotatable bonds is 26. The molecule has 0 atom stereocenters. The summed E-state index contributed by atoms with van der Waals surface area (Å²) in [7, 11) is 0. The van der Waals surface area contributed by atoms with Gasteiger partial charge < -0.3 is 14.6 Å². The molecule has 0 amide bonds. The van der Waals surface area contributed by atoms with E-state index in [0.717, 1.165) is 51.4 Å². The third-order valence-electron chi connectivity index (χ3n) is 6.16. The summed E-state index contributed by atoms with van der Waals surface area (Å²) in [4.78, 5) is 23.6. The van der Waals surface area contributed by atoms with E-state index >= 15 is 0 Å². The fourth-order valence-corrected chi connectivity index (χ4v) is 3.81. The lowest BCUT2D eigenvalue weighted by Crippen LogP contribution is -2.25. The van der Waals surface area contributed by atoms with E-state index in [1.165, 1.54) is 64.2 Å². The fraction of sp³-hybridized carbons (Fsp3) is 0.806. The zero-order chi connectivity index (χ0) is 26.5. The van der Waals surface area contributed by atoms with E-state index in [-0.39, 0.29) is 25.2 Å². The Balaban J connectivity index is 3.49. The standard InChI is InChI=1S/C31H56O5/c1-3-5-7-9-11-13-15-17-19-21-23-25-30(33)35-27-29(32)28-36-31(34)26-24-22-20-18-16-14-12-10-8-6-4-2/h9-12,29,32H,3-8,13-28H2,1-2H3. The second-order valence-corrected chi connectivity index (χ2v) is 9.86.